The minimum Gasteiger partial charge on any atom is -0.396 e. The van der Waals surface area contributed by atoms with E-state index in [1.807, 2.05) is 32.9 Å². The van der Waals surface area contributed by atoms with Crippen molar-refractivity contribution in [3.05, 3.63) is 28.8 Å². The van der Waals surface area contributed by atoms with Crippen LogP contribution in [0.25, 0.3) is 0 Å². The Hall–Kier alpha value is -0.910. The average Bonchev–Trinajstić information content (AvgIpc) is 2.76. The zero-order valence-electron chi connectivity index (χ0n) is 12.4. The minimum atomic E-state index is -3.42. The molecule has 0 aliphatic carbocycles. The van der Waals surface area contributed by atoms with Gasteiger partial charge in [-0.15, -0.1) is 0 Å². The molecule has 4 nitrogen and oxygen atoms in total. The zero-order chi connectivity index (χ0) is 14.9. The maximum atomic E-state index is 12.8. The summed E-state index contributed by atoms with van der Waals surface area (Å²) in [5.74, 6) is 0.279. The first kappa shape index (κ1) is 15.5. The van der Waals surface area contributed by atoms with E-state index >= 15 is 0 Å². The second-order valence-corrected chi connectivity index (χ2v) is 7.63. The lowest BCUT2D eigenvalue weighted by Gasteiger charge is -2.20. The van der Waals surface area contributed by atoms with Crippen molar-refractivity contribution in [2.45, 2.75) is 38.5 Å². The molecule has 0 spiro atoms. The highest BCUT2D eigenvalue weighted by atomic mass is 32.2. The molecule has 1 aliphatic heterocycles. The molecule has 0 aromatic heterocycles. The smallest absolute Gasteiger partial charge is 0.243 e. The lowest BCUT2D eigenvalue weighted by molar-refractivity contribution is 0.259. The first-order valence-electron chi connectivity index (χ1n) is 7.05. The molecule has 1 unspecified atom stereocenters. The van der Waals surface area contributed by atoms with Crippen LogP contribution in [0.15, 0.2) is 17.0 Å². The molecule has 1 atom stereocenters. The molecule has 20 heavy (non-hydrogen) atoms. The minimum absolute atomic E-state index is 0.126. The molecule has 1 aliphatic rings. The van der Waals surface area contributed by atoms with Crippen LogP contribution in [0, 0.1) is 26.7 Å². The van der Waals surface area contributed by atoms with Crippen LogP contribution in [0.3, 0.4) is 0 Å². The molecule has 1 heterocycles. The summed E-state index contributed by atoms with van der Waals surface area (Å²) in [6.45, 7) is 6.89. The fourth-order valence-electron chi connectivity index (χ4n) is 3.14. The number of aliphatic hydroxyl groups excluding tert-OH is 1. The SMILES string of the molecule is Cc1cc(C)c(S(=O)(=O)N2CCC(CCO)C2)c(C)c1. The largest absolute Gasteiger partial charge is 0.396 e. The van der Waals surface area contributed by atoms with Crippen LogP contribution in [0.4, 0.5) is 0 Å². The number of nitrogens with zero attached hydrogens (tertiary/aromatic N) is 1. The molecule has 1 N–H and O–H groups in total. The van der Waals surface area contributed by atoms with Gasteiger partial charge in [0.2, 0.25) is 10.0 Å². The number of aliphatic hydroxyl groups is 1. The molecular weight excluding hydrogens is 274 g/mol. The van der Waals surface area contributed by atoms with Crippen LogP contribution in [-0.2, 0) is 10.0 Å². The summed E-state index contributed by atoms with van der Waals surface area (Å²) in [7, 11) is -3.42. The monoisotopic (exact) mass is 297 g/mol. The molecule has 1 aromatic carbocycles. The van der Waals surface area contributed by atoms with Crippen LogP contribution in [0.1, 0.15) is 29.5 Å². The fraction of sp³-hybridized carbons (Fsp3) is 0.600. The molecule has 112 valence electrons. The van der Waals surface area contributed by atoms with E-state index in [1.54, 1.807) is 4.31 Å². The van der Waals surface area contributed by atoms with Gasteiger partial charge in [-0.25, -0.2) is 8.42 Å². The van der Waals surface area contributed by atoms with E-state index in [4.69, 9.17) is 5.11 Å². The highest BCUT2D eigenvalue weighted by molar-refractivity contribution is 7.89. The van der Waals surface area contributed by atoms with Gasteiger partial charge in [-0.3, -0.25) is 0 Å². The van der Waals surface area contributed by atoms with Gasteiger partial charge in [0.05, 0.1) is 4.90 Å². The Balaban J connectivity index is 2.33. The topological polar surface area (TPSA) is 57.6 Å². The van der Waals surface area contributed by atoms with E-state index in [9.17, 15) is 8.42 Å². The molecule has 0 radical (unpaired) electrons. The van der Waals surface area contributed by atoms with Crippen LogP contribution in [-0.4, -0.2) is 37.5 Å². The second-order valence-electron chi connectivity index (χ2n) is 5.76. The number of benzene rings is 1. The van der Waals surface area contributed by atoms with Crippen molar-refractivity contribution in [1.29, 1.82) is 0 Å². The van der Waals surface area contributed by atoms with Crippen LogP contribution >= 0.6 is 0 Å². The van der Waals surface area contributed by atoms with Gasteiger partial charge in [-0.2, -0.15) is 4.31 Å². The predicted molar refractivity (Wildman–Crippen MR) is 79.2 cm³/mol. The Morgan fingerprint density at radius 3 is 2.40 bits per heavy atom. The number of rotatable bonds is 4. The van der Waals surface area contributed by atoms with Gasteiger partial charge in [0.25, 0.3) is 0 Å². The highest BCUT2D eigenvalue weighted by Gasteiger charge is 2.33. The summed E-state index contributed by atoms with van der Waals surface area (Å²) in [5, 5.41) is 8.98. The molecule has 2 rings (SSSR count). The van der Waals surface area contributed by atoms with Crippen LogP contribution in [0.2, 0.25) is 0 Å². The summed E-state index contributed by atoms with van der Waals surface area (Å²) in [4.78, 5) is 0.452. The van der Waals surface area contributed by atoms with Crippen molar-refractivity contribution in [2.24, 2.45) is 5.92 Å². The van der Waals surface area contributed by atoms with E-state index in [1.165, 1.54) is 0 Å². The van der Waals surface area contributed by atoms with Crippen molar-refractivity contribution in [3.63, 3.8) is 0 Å². The number of hydrogen-bond donors (Lipinski definition) is 1. The van der Waals surface area contributed by atoms with Crippen molar-refractivity contribution in [2.75, 3.05) is 19.7 Å². The van der Waals surface area contributed by atoms with Crippen molar-refractivity contribution >= 4 is 10.0 Å². The summed E-state index contributed by atoms with van der Waals surface area (Å²) in [6, 6.07) is 3.84. The second kappa shape index (κ2) is 5.84. The molecule has 1 fully saturated rings. The lowest BCUT2D eigenvalue weighted by atomic mass is 10.1. The van der Waals surface area contributed by atoms with Gasteiger partial charge >= 0.3 is 0 Å². The maximum absolute atomic E-state index is 12.8. The first-order valence-corrected chi connectivity index (χ1v) is 8.49. The van der Waals surface area contributed by atoms with Gasteiger partial charge in [-0.1, -0.05) is 17.7 Å². The van der Waals surface area contributed by atoms with E-state index in [0.29, 0.717) is 24.4 Å². The Morgan fingerprint density at radius 2 is 1.85 bits per heavy atom. The van der Waals surface area contributed by atoms with Gasteiger partial charge in [0, 0.05) is 19.7 Å². The number of hydrogen-bond acceptors (Lipinski definition) is 3. The van der Waals surface area contributed by atoms with Crippen LogP contribution in [0.5, 0.6) is 0 Å². The Kier molecular flexibility index (Phi) is 4.52. The third kappa shape index (κ3) is 2.90. The first-order chi connectivity index (χ1) is 9.36. The summed E-state index contributed by atoms with van der Waals surface area (Å²) in [6.07, 6.45) is 1.52. The summed E-state index contributed by atoms with van der Waals surface area (Å²) in [5.41, 5.74) is 2.71. The quantitative estimate of drug-likeness (QED) is 0.925. The zero-order valence-corrected chi connectivity index (χ0v) is 13.2. The average molecular weight is 297 g/mol. The summed E-state index contributed by atoms with van der Waals surface area (Å²) < 4.78 is 27.2. The third-order valence-corrected chi connectivity index (χ3v) is 6.16. The van der Waals surface area contributed by atoms with Crippen molar-refractivity contribution in [3.8, 4) is 0 Å². The van der Waals surface area contributed by atoms with E-state index in [2.05, 4.69) is 0 Å². The van der Waals surface area contributed by atoms with Gasteiger partial charge in [-0.05, 0) is 50.7 Å². The molecule has 0 bridgehead atoms. The molecule has 1 saturated heterocycles. The van der Waals surface area contributed by atoms with Gasteiger partial charge in [0.15, 0.2) is 0 Å². The van der Waals surface area contributed by atoms with Crippen molar-refractivity contribution < 1.29 is 13.5 Å². The van der Waals surface area contributed by atoms with E-state index < -0.39 is 10.0 Å². The third-order valence-electron chi connectivity index (χ3n) is 3.99. The predicted octanol–water partition coefficient (Wildman–Crippen LogP) is 2.00. The van der Waals surface area contributed by atoms with Gasteiger partial charge < -0.3 is 5.11 Å². The number of sulfonamides is 1. The normalized spacial score (nSPS) is 20.5. The van der Waals surface area contributed by atoms with Crippen molar-refractivity contribution in [1.82, 2.24) is 4.31 Å². The number of aryl methyl sites for hydroxylation is 3. The highest BCUT2D eigenvalue weighted by Crippen LogP contribution is 2.30. The Labute approximate surface area is 121 Å². The Bertz CT molecular complexity index is 572. The molecular formula is C15H23NO3S. The van der Waals surface area contributed by atoms with Gasteiger partial charge in [0.1, 0.15) is 0 Å². The van der Waals surface area contributed by atoms with E-state index in [0.717, 1.165) is 23.1 Å². The summed E-state index contributed by atoms with van der Waals surface area (Å²) >= 11 is 0. The molecule has 5 heteroatoms. The standard InChI is InChI=1S/C15H23NO3S/c1-11-8-12(2)15(13(3)9-11)20(18,19)16-6-4-14(10-16)5-7-17/h8-9,14,17H,4-7,10H2,1-3H3. The lowest BCUT2D eigenvalue weighted by Crippen LogP contribution is -2.30. The molecule has 0 amide bonds. The fourth-order valence-corrected chi connectivity index (χ4v) is 5.08. The molecule has 0 saturated carbocycles. The molecule has 1 aromatic rings. The maximum Gasteiger partial charge on any atom is 0.243 e. The van der Waals surface area contributed by atoms with Crippen LogP contribution < -0.4 is 0 Å². The Morgan fingerprint density at radius 1 is 1.25 bits per heavy atom. The van der Waals surface area contributed by atoms with E-state index in [-0.39, 0.29) is 12.5 Å².